The van der Waals surface area contributed by atoms with Gasteiger partial charge in [-0.3, -0.25) is 9.20 Å². The van der Waals surface area contributed by atoms with Gasteiger partial charge in [0.05, 0.1) is 10.4 Å². The SMILES string of the molecule is O=C(NC1CCCCCCC1)c1cc2c(nc3sccn32)s1. The fourth-order valence-corrected chi connectivity index (χ4v) is 4.92. The summed E-state index contributed by atoms with van der Waals surface area (Å²) in [5.74, 6) is 0.0672. The number of amides is 1. The number of nitrogens with zero attached hydrogens (tertiary/aromatic N) is 2. The second-order valence-electron chi connectivity index (χ2n) is 5.98. The molecule has 4 rings (SSSR count). The van der Waals surface area contributed by atoms with Crippen molar-refractivity contribution in [2.24, 2.45) is 0 Å². The van der Waals surface area contributed by atoms with Crippen LogP contribution in [0.2, 0.25) is 0 Å². The lowest BCUT2D eigenvalue weighted by Gasteiger charge is -2.20. The van der Waals surface area contributed by atoms with Crippen molar-refractivity contribution >= 4 is 43.9 Å². The lowest BCUT2D eigenvalue weighted by atomic mass is 9.97. The predicted molar refractivity (Wildman–Crippen MR) is 92.0 cm³/mol. The van der Waals surface area contributed by atoms with Crippen LogP contribution in [0.1, 0.15) is 54.6 Å². The fourth-order valence-electron chi connectivity index (χ4n) is 3.22. The van der Waals surface area contributed by atoms with Crippen LogP contribution in [0.15, 0.2) is 17.6 Å². The smallest absolute Gasteiger partial charge is 0.261 e. The lowest BCUT2D eigenvalue weighted by Crippen LogP contribution is -2.34. The van der Waals surface area contributed by atoms with Crippen LogP contribution in [-0.4, -0.2) is 21.3 Å². The Balaban J connectivity index is 1.52. The number of aromatic nitrogens is 2. The van der Waals surface area contributed by atoms with E-state index in [1.165, 1.54) is 43.4 Å². The number of carbonyl (C=O) groups is 1. The van der Waals surface area contributed by atoms with Crippen molar-refractivity contribution in [2.45, 2.75) is 51.0 Å². The standard InChI is InChI=1S/C16H19N3OS2/c20-14(17-11-6-4-2-1-3-5-7-11)13-10-12-15(22-13)18-16-19(12)8-9-21-16/h8-11H,1-7H2,(H,17,20). The van der Waals surface area contributed by atoms with Gasteiger partial charge in [-0.15, -0.1) is 22.7 Å². The number of hydrogen-bond donors (Lipinski definition) is 1. The molecule has 1 N–H and O–H groups in total. The van der Waals surface area contributed by atoms with E-state index in [0.717, 1.165) is 33.0 Å². The molecular formula is C16H19N3OS2. The Morgan fingerprint density at radius 2 is 2.00 bits per heavy atom. The molecule has 3 heterocycles. The van der Waals surface area contributed by atoms with Crippen LogP contribution in [0.25, 0.3) is 15.3 Å². The molecule has 0 radical (unpaired) electrons. The first kappa shape index (κ1) is 14.2. The second-order valence-corrected chi connectivity index (χ2v) is 7.89. The van der Waals surface area contributed by atoms with Gasteiger partial charge in [0.25, 0.3) is 5.91 Å². The molecule has 1 fully saturated rings. The van der Waals surface area contributed by atoms with E-state index in [4.69, 9.17) is 0 Å². The highest BCUT2D eigenvalue weighted by molar-refractivity contribution is 7.21. The predicted octanol–water partition coefficient (Wildman–Crippen LogP) is 4.45. The minimum atomic E-state index is 0.0672. The van der Waals surface area contributed by atoms with E-state index in [2.05, 4.69) is 14.7 Å². The summed E-state index contributed by atoms with van der Waals surface area (Å²) < 4.78 is 2.06. The molecule has 1 aliphatic rings. The quantitative estimate of drug-likeness (QED) is 0.753. The summed E-state index contributed by atoms with van der Waals surface area (Å²) in [4.78, 5) is 19.8. The van der Waals surface area contributed by atoms with Crippen LogP contribution in [-0.2, 0) is 0 Å². The van der Waals surface area contributed by atoms with Gasteiger partial charge in [0.15, 0.2) is 4.96 Å². The zero-order chi connectivity index (χ0) is 14.9. The number of hydrogen-bond acceptors (Lipinski definition) is 4. The van der Waals surface area contributed by atoms with Gasteiger partial charge in [0.2, 0.25) is 0 Å². The third-order valence-electron chi connectivity index (χ3n) is 4.40. The second kappa shape index (κ2) is 6.01. The summed E-state index contributed by atoms with van der Waals surface area (Å²) >= 11 is 3.12. The molecule has 116 valence electrons. The van der Waals surface area contributed by atoms with Gasteiger partial charge in [-0.25, -0.2) is 4.98 Å². The summed E-state index contributed by atoms with van der Waals surface area (Å²) in [5, 5.41) is 5.25. The van der Waals surface area contributed by atoms with Crippen molar-refractivity contribution in [3.63, 3.8) is 0 Å². The van der Waals surface area contributed by atoms with Crippen molar-refractivity contribution < 1.29 is 4.79 Å². The van der Waals surface area contributed by atoms with Crippen LogP contribution in [0.4, 0.5) is 0 Å². The molecule has 1 saturated carbocycles. The van der Waals surface area contributed by atoms with Gasteiger partial charge in [0.1, 0.15) is 4.83 Å². The van der Waals surface area contributed by atoms with E-state index in [0.29, 0.717) is 6.04 Å². The monoisotopic (exact) mass is 333 g/mol. The molecule has 0 bridgehead atoms. The molecule has 22 heavy (non-hydrogen) atoms. The van der Waals surface area contributed by atoms with Crippen LogP contribution in [0, 0.1) is 0 Å². The van der Waals surface area contributed by atoms with Gasteiger partial charge in [-0.05, 0) is 18.9 Å². The molecule has 0 saturated heterocycles. The van der Waals surface area contributed by atoms with E-state index < -0.39 is 0 Å². The maximum atomic E-state index is 12.5. The van der Waals surface area contributed by atoms with Gasteiger partial charge in [0, 0.05) is 17.6 Å². The van der Waals surface area contributed by atoms with Crippen LogP contribution < -0.4 is 5.32 Å². The summed E-state index contributed by atoms with van der Waals surface area (Å²) in [6.07, 6.45) is 10.7. The van der Waals surface area contributed by atoms with Crippen LogP contribution in [0.5, 0.6) is 0 Å². The molecule has 3 aromatic rings. The Morgan fingerprint density at radius 3 is 2.82 bits per heavy atom. The van der Waals surface area contributed by atoms with Crippen molar-refractivity contribution in [2.75, 3.05) is 0 Å². The topological polar surface area (TPSA) is 46.4 Å². The van der Waals surface area contributed by atoms with Gasteiger partial charge in [-0.1, -0.05) is 32.1 Å². The number of thiophene rings is 1. The molecule has 1 aliphatic carbocycles. The van der Waals surface area contributed by atoms with E-state index in [9.17, 15) is 4.79 Å². The Morgan fingerprint density at radius 1 is 1.23 bits per heavy atom. The lowest BCUT2D eigenvalue weighted by molar-refractivity contribution is 0.0934. The molecule has 3 aromatic heterocycles. The Bertz CT molecular complexity index is 793. The van der Waals surface area contributed by atoms with Gasteiger partial charge < -0.3 is 5.32 Å². The Kier molecular flexibility index (Phi) is 3.88. The number of thiazole rings is 1. The molecule has 0 atom stereocenters. The third-order valence-corrected chi connectivity index (χ3v) is 6.18. The maximum absolute atomic E-state index is 12.5. The fraction of sp³-hybridized carbons (Fsp3) is 0.500. The van der Waals surface area contributed by atoms with E-state index in [1.54, 1.807) is 11.3 Å². The van der Waals surface area contributed by atoms with Crippen molar-refractivity contribution in [1.82, 2.24) is 14.7 Å². The minimum absolute atomic E-state index is 0.0672. The number of fused-ring (bicyclic) bond motifs is 3. The normalized spacial score (nSPS) is 17.6. The molecule has 1 amide bonds. The number of rotatable bonds is 2. The van der Waals surface area contributed by atoms with E-state index in [1.807, 2.05) is 17.6 Å². The molecule has 4 nitrogen and oxygen atoms in total. The molecule has 0 unspecified atom stereocenters. The summed E-state index contributed by atoms with van der Waals surface area (Å²) in [6.45, 7) is 0. The Labute approximate surface area is 137 Å². The first-order valence-corrected chi connectivity index (χ1v) is 9.67. The van der Waals surface area contributed by atoms with Gasteiger partial charge >= 0.3 is 0 Å². The summed E-state index contributed by atoms with van der Waals surface area (Å²) in [6, 6.07) is 2.32. The van der Waals surface area contributed by atoms with Crippen LogP contribution >= 0.6 is 22.7 Å². The highest BCUT2D eigenvalue weighted by atomic mass is 32.1. The third kappa shape index (κ3) is 2.65. The molecule has 0 aromatic carbocycles. The van der Waals surface area contributed by atoms with Crippen molar-refractivity contribution in [3.05, 3.63) is 22.5 Å². The number of carbonyl (C=O) groups excluding carboxylic acids is 1. The van der Waals surface area contributed by atoms with E-state index in [-0.39, 0.29) is 5.91 Å². The highest BCUT2D eigenvalue weighted by Crippen LogP contribution is 2.28. The Hall–Kier alpha value is -1.40. The summed E-state index contributed by atoms with van der Waals surface area (Å²) in [5.41, 5.74) is 1.05. The van der Waals surface area contributed by atoms with Crippen molar-refractivity contribution in [3.8, 4) is 0 Å². The summed E-state index contributed by atoms with van der Waals surface area (Å²) in [7, 11) is 0. The zero-order valence-electron chi connectivity index (χ0n) is 12.4. The average Bonchev–Trinajstić information content (AvgIpc) is 3.12. The largest absolute Gasteiger partial charge is 0.349 e. The zero-order valence-corrected chi connectivity index (χ0v) is 14.0. The molecular weight excluding hydrogens is 314 g/mol. The first-order valence-electron chi connectivity index (χ1n) is 7.97. The number of imidazole rings is 1. The number of nitrogens with one attached hydrogen (secondary N) is 1. The average molecular weight is 333 g/mol. The van der Waals surface area contributed by atoms with Crippen LogP contribution in [0.3, 0.4) is 0 Å². The maximum Gasteiger partial charge on any atom is 0.261 e. The van der Waals surface area contributed by atoms with Crippen molar-refractivity contribution in [1.29, 1.82) is 0 Å². The molecule has 6 heteroatoms. The first-order chi connectivity index (χ1) is 10.8. The van der Waals surface area contributed by atoms with E-state index >= 15 is 0 Å². The highest BCUT2D eigenvalue weighted by Gasteiger charge is 2.18. The molecule has 0 aliphatic heterocycles. The molecule has 0 spiro atoms. The minimum Gasteiger partial charge on any atom is -0.349 e. The van der Waals surface area contributed by atoms with Gasteiger partial charge in [-0.2, -0.15) is 0 Å².